The Morgan fingerprint density at radius 2 is 1.44 bits per heavy atom. The predicted molar refractivity (Wildman–Crippen MR) is 142 cm³/mol. The maximum absolute atomic E-state index is 12.7. The van der Waals surface area contributed by atoms with Gasteiger partial charge in [0.05, 0.1) is 12.0 Å². The zero-order valence-electron chi connectivity index (χ0n) is 24.4. The van der Waals surface area contributed by atoms with E-state index in [0.717, 1.165) is 27.7 Å². The van der Waals surface area contributed by atoms with Crippen LogP contribution in [-0.4, -0.2) is 73.8 Å². The third kappa shape index (κ3) is 8.44. The number of hydrogen-bond donors (Lipinski definition) is 0. The number of carbonyl (C=O) groups excluding carboxylic acids is 5. The van der Waals surface area contributed by atoms with Crippen molar-refractivity contribution in [1.29, 1.82) is 0 Å². The maximum Gasteiger partial charge on any atom is 0.383 e. The van der Waals surface area contributed by atoms with Gasteiger partial charge in [-0.15, -0.1) is 0 Å². The van der Waals surface area contributed by atoms with E-state index in [1.807, 2.05) is 0 Å². The summed E-state index contributed by atoms with van der Waals surface area (Å²) in [4.78, 5) is 72.1. The molecular weight excluding hydrogens is 576 g/mol. The number of rotatable bonds is 11. The van der Waals surface area contributed by atoms with Gasteiger partial charge in [-0.05, 0) is 19.1 Å². The molecule has 1 fully saturated rings. The third-order valence-electron chi connectivity index (χ3n) is 5.79. The molecule has 0 amide bonds. The average Bonchev–Trinajstić information content (AvgIpc) is 2.91. The highest BCUT2D eigenvalue weighted by atomic mass is 16.7. The summed E-state index contributed by atoms with van der Waals surface area (Å²) in [5, 5.41) is 0.272. The zero-order valence-corrected chi connectivity index (χ0v) is 24.4. The van der Waals surface area contributed by atoms with Crippen LogP contribution in [-0.2, 0) is 47.7 Å². The molecule has 1 aliphatic heterocycles. The number of esters is 5. The summed E-state index contributed by atoms with van der Waals surface area (Å²) in [5.74, 6) is -4.14. The third-order valence-corrected chi connectivity index (χ3v) is 5.79. The molecule has 2 aromatic rings. The minimum atomic E-state index is -1.51. The molecule has 0 unspecified atom stereocenters. The van der Waals surface area contributed by atoms with E-state index in [-0.39, 0.29) is 35.5 Å². The van der Waals surface area contributed by atoms with E-state index in [4.69, 9.17) is 42.3 Å². The molecule has 5 atom stereocenters. The van der Waals surface area contributed by atoms with Crippen molar-refractivity contribution < 1.29 is 66.3 Å². The maximum atomic E-state index is 12.7. The van der Waals surface area contributed by atoms with Crippen LogP contribution >= 0.6 is 0 Å². The lowest BCUT2D eigenvalue weighted by Gasteiger charge is -2.43. The van der Waals surface area contributed by atoms with Crippen LogP contribution in [0.25, 0.3) is 11.0 Å². The van der Waals surface area contributed by atoms with E-state index in [0.29, 0.717) is 0 Å². The van der Waals surface area contributed by atoms with Gasteiger partial charge < -0.3 is 42.3 Å². The molecule has 43 heavy (non-hydrogen) atoms. The van der Waals surface area contributed by atoms with Gasteiger partial charge in [0.1, 0.15) is 24.0 Å². The van der Waals surface area contributed by atoms with Gasteiger partial charge in [-0.3, -0.25) is 24.0 Å². The standard InChI is InChI=1S/C28H32O15/c1-7-21(33)43-25-22(35-8-2)18-10-9-17(11-19(18)41-27(25)34)40-28-26(39-16(6)32)24(38-15(5)31)23(37-14(4)30)20(42-28)12-36-13(3)29/h9-11,20,23-24,26,28H,7-8,12H2,1-6H3/t20-,23+,24+,26-,28-/m1/s1. The zero-order chi connectivity index (χ0) is 31.8. The second-order valence-electron chi connectivity index (χ2n) is 9.15. The molecule has 1 aromatic carbocycles. The van der Waals surface area contributed by atoms with Gasteiger partial charge in [0.2, 0.25) is 12.4 Å². The lowest BCUT2D eigenvalue weighted by atomic mass is 9.98. The first kappa shape index (κ1) is 32.8. The molecule has 1 aliphatic rings. The first-order valence-electron chi connectivity index (χ1n) is 13.3. The minimum Gasteiger partial charge on any atom is -0.489 e. The average molecular weight is 609 g/mol. The Labute approximate surface area is 245 Å². The van der Waals surface area contributed by atoms with E-state index < -0.39 is 78.5 Å². The van der Waals surface area contributed by atoms with Crippen LogP contribution in [0.5, 0.6) is 17.2 Å². The van der Waals surface area contributed by atoms with Gasteiger partial charge in [-0.25, -0.2) is 4.79 Å². The molecule has 234 valence electrons. The lowest BCUT2D eigenvalue weighted by Crippen LogP contribution is -2.63. The van der Waals surface area contributed by atoms with Crippen molar-refractivity contribution in [1.82, 2.24) is 0 Å². The lowest BCUT2D eigenvalue weighted by molar-refractivity contribution is -0.288. The molecule has 0 radical (unpaired) electrons. The van der Waals surface area contributed by atoms with Crippen LogP contribution < -0.4 is 19.8 Å². The number of fused-ring (bicyclic) bond motifs is 1. The van der Waals surface area contributed by atoms with Crippen molar-refractivity contribution >= 4 is 40.8 Å². The monoisotopic (exact) mass is 608 g/mol. The smallest absolute Gasteiger partial charge is 0.383 e. The van der Waals surface area contributed by atoms with Gasteiger partial charge in [0.25, 0.3) is 5.75 Å². The Hall–Kier alpha value is -4.66. The molecule has 15 heteroatoms. The van der Waals surface area contributed by atoms with Crippen molar-refractivity contribution in [3.05, 3.63) is 28.6 Å². The number of hydrogen-bond acceptors (Lipinski definition) is 15. The molecule has 0 saturated carbocycles. The Morgan fingerprint density at radius 3 is 2.02 bits per heavy atom. The second-order valence-corrected chi connectivity index (χ2v) is 9.15. The molecule has 0 aliphatic carbocycles. The molecule has 15 nitrogen and oxygen atoms in total. The van der Waals surface area contributed by atoms with Crippen LogP contribution in [0.1, 0.15) is 48.0 Å². The molecule has 0 N–H and O–H groups in total. The van der Waals surface area contributed by atoms with E-state index >= 15 is 0 Å². The van der Waals surface area contributed by atoms with Gasteiger partial charge in [0, 0.05) is 40.2 Å². The first-order chi connectivity index (χ1) is 20.3. The Bertz CT molecular complexity index is 1430. The van der Waals surface area contributed by atoms with E-state index in [9.17, 15) is 28.8 Å². The van der Waals surface area contributed by atoms with Crippen molar-refractivity contribution in [3.63, 3.8) is 0 Å². The van der Waals surface area contributed by atoms with Crippen LogP contribution in [0, 0.1) is 0 Å². The fraction of sp³-hybridized carbons (Fsp3) is 0.500. The van der Waals surface area contributed by atoms with Crippen LogP contribution in [0.4, 0.5) is 0 Å². The fourth-order valence-corrected chi connectivity index (χ4v) is 4.19. The highest BCUT2D eigenvalue weighted by Crippen LogP contribution is 2.36. The summed E-state index contributed by atoms with van der Waals surface area (Å²) in [5.41, 5.74) is -1.00. The van der Waals surface area contributed by atoms with Crippen LogP contribution in [0.15, 0.2) is 27.4 Å². The van der Waals surface area contributed by atoms with E-state index in [1.54, 1.807) is 13.8 Å². The summed E-state index contributed by atoms with van der Waals surface area (Å²) in [6.45, 7) is 7.36. The molecule has 1 aromatic heterocycles. The molecule has 3 rings (SSSR count). The fourth-order valence-electron chi connectivity index (χ4n) is 4.19. The summed E-state index contributed by atoms with van der Waals surface area (Å²) >= 11 is 0. The van der Waals surface area contributed by atoms with E-state index in [1.165, 1.54) is 18.2 Å². The Balaban J connectivity index is 2.07. The summed E-state index contributed by atoms with van der Waals surface area (Å²) in [6.07, 6.45) is -7.02. The Morgan fingerprint density at radius 1 is 0.814 bits per heavy atom. The number of benzene rings is 1. The highest BCUT2D eigenvalue weighted by Gasteiger charge is 2.53. The minimum absolute atomic E-state index is 0.00576. The van der Waals surface area contributed by atoms with E-state index in [2.05, 4.69) is 0 Å². The van der Waals surface area contributed by atoms with Gasteiger partial charge in [0.15, 0.2) is 18.0 Å². The van der Waals surface area contributed by atoms with Gasteiger partial charge >= 0.3 is 35.5 Å². The first-order valence-corrected chi connectivity index (χ1v) is 13.3. The normalized spacial score (nSPS) is 21.3. The van der Waals surface area contributed by atoms with Crippen molar-refractivity contribution in [3.8, 4) is 17.2 Å². The predicted octanol–water partition coefficient (Wildman–Crippen LogP) is 1.97. The van der Waals surface area contributed by atoms with Crippen molar-refractivity contribution in [2.45, 2.75) is 78.7 Å². The van der Waals surface area contributed by atoms with Crippen molar-refractivity contribution in [2.75, 3.05) is 13.2 Å². The van der Waals surface area contributed by atoms with Crippen molar-refractivity contribution in [2.24, 2.45) is 0 Å². The molecule has 0 spiro atoms. The quantitative estimate of drug-likeness (QED) is 0.204. The molecular formula is C28H32O15. The van der Waals surface area contributed by atoms with Crippen LogP contribution in [0.3, 0.4) is 0 Å². The largest absolute Gasteiger partial charge is 0.489 e. The molecule has 1 saturated heterocycles. The number of ether oxygens (including phenoxy) is 8. The SMILES string of the molecule is CCOc1c(OC(=O)CC)c(=O)oc2cc(O[C@@H]3O[C@H](COC(C)=O)[C@H](OC(C)=O)[C@H](OC(C)=O)[C@H]3OC(C)=O)ccc12. The van der Waals surface area contributed by atoms with Crippen LogP contribution in [0.2, 0.25) is 0 Å². The highest BCUT2D eigenvalue weighted by molar-refractivity contribution is 5.88. The summed E-state index contributed by atoms with van der Waals surface area (Å²) < 4.78 is 49.2. The molecule has 0 bridgehead atoms. The topological polar surface area (TPSA) is 189 Å². The van der Waals surface area contributed by atoms with Gasteiger partial charge in [-0.1, -0.05) is 6.92 Å². The molecule has 2 heterocycles. The Kier molecular flexibility index (Phi) is 11.1. The number of carbonyl (C=O) groups is 5. The second kappa shape index (κ2) is 14.5. The van der Waals surface area contributed by atoms with Gasteiger partial charge in [-0.2, -0.15) is 0 Å². The summed E-state index contributed by atoms with van der Waals surface area (Å²) in [7, 11) is 0. The summed E-state index contributed by atoms with van der Waals surface area (Å²) in [6, 6.07) is 4.20.